The number of allylic oxidation sites excluding steroid dienone is 2. The van der Waals surface area contributed by atoms with Crippen molar-refractivity contribution in [2.24, 2.45) is 0 Å². The number of nitrogens with zero attached hydrogens (tertiary/aromatic N) is 3. The average Bonchev–Trinajstić information content (AvgIpc) is 3.07. The van der Waals surface area contributed by atoms with Gasteiger partial charge >= 0.3 is 0 Å². The van der Waals surface area contributed by atoms with Crippen LogP contribution in [0.15, 0.2) is 70.0 Å². The molecule has 2 aromatic heterocycles. The Morgan fingerprint density at radius 2 is 1.81 bits per heavy atom. The van der Waals surface area contributed by atoms with Crippen molar-refractivity contribution in [3.63, 3.8) is 0 Å². The highest BCUT2D eigenvalue weighted by atomic mass is 35.5. The van der Waals surface area contributed by atoms with Gasteiger partial charge in [0.15, 0.2) is 5.65 Å². The highest BCUT2D eigenvalue weighted by Gasteiger charge is 2.30. The Kier molecular flexibility index (Phi) is 5.39. The normalized spacial score (nSPS) is 14.7. The molecule has 0 amide bonds. The Hall–Kier alpha value is -2.90. The number of aromatic nitrogens is 3. The molecule has 2 heterocycles. The molecule has 0 fully saturated rings. The Balaban J connectivity index is 1.72. The number of benzene rings is 2. The number of fused-ring (bicyclic) bond motifs is 2. The van der Waals surface area contributed by atoms with Crippen LogP contribution in [0.1, 0.15) is 32.1 Å². The van der Waals surface area contributed by atoms with Crippen molar-refractivity contribution < 1.29 is 8.42 Å². The van der Waals surface area contributed by atoms with E-state index in [-0.39, 0.29) is 15.6 Å². The molecule has 0 saturated carbocycles. The van der Waals surface area contributed by atoms with Gasteiger partial charge in [-0.2, -0.15) is 0 Å². The molecule has 0 aliphatic heterocycles. The van der Waals surface area contributed by atoms with E-state index in [4.69, 9.17) is 22.3 Å². The number of nitrogen functional groups attached to an aromatic ring is 1. The Bertz CT molecular complexity index is 1470. The molecule has 1 aliphatic carbocycles. The lowest BCUT2D eigenvalue weighted by atomic mass is 9.97. The zero-order valence-corrected chi connectivity index (χ0v) is 19.0. The van der Waals surface area contributed by atoms with Crippen LogP contribution in [0, 0.1) is 0 Å². The monoisotopic (exact) mass is 466 g/mol. The number of nitrogens with two attached hydrogens (primary N) is 1. The number of rotatable bonds is 5. The van der Waals surface area contributed by atoms with E-state index in [0.29, 0.717) is 33.8 Å². The van der Waals surface area contributed by atoms with Crippen molar-refractivity contribution >= 4 is 49.5 Å². The summed E-state index contributed by atoms with van der Waals surface area (Å²) in [5, 5.41) is 0.342. The van der Waals surface area contributed by atoms with Crippen molar-refractivity contribution in [3.05, 3.63) is 65.2 Å². The molecule has 0 spiro atoms. The lowest BCUT2D eigenvalue weighted by Crippen LogP contribution is -2.09. The summed E-state index contributed by atoms with van der Waals surface area (Å²) in [5.41, 5.74) is 9.98. The molecular weight excluding hydrogens is 444 g/mol. The molecule has 0 saturated heterocycles. The maximum atomic E-state index is 13.6. The van der Waals surface area contributed by atoms with Crippen LogP contribution in [0.2, 0.25) is 5.02 Å². The van der Waals surface area contributed by atoms with E-state index in [1.165, 1.54) is 30.5 Å². The third-order valence-corrected chi connectivity index (χ3v) is 8.01. The third kappa shape index (κ3) is 3.65. The zero-order chi connectivity index (χ0) is 22.3. The largest absolute Gasteiger partial charge is 0.384 e. The standard InChI is InChI=1S/C24H23ClN4O2S/c25-17-9-6-10-18(15-17)32(30,31)22-21-24(28-20-12-5-4-11-19(20)27-21)29(23(22)26)14-13-16-7-2-1-3-8-16/h4-7,9-12,15H,1-3,8,13-14,26H2. The molecule has 6 nitrogen and oxygen atoms in total. The highest BCUT2D eigenvalue weighted by molar-refractivity contribution is 7.92. The first-order valence-corrected chi connectivity index (χ1v) is 12.5. The molecule has 4 aromatic rings. The lowest BCUT2D eigenvalue weighted by Gasteiger charge is -2.14. The van der Waals surface area contributed by atoms with Crippen LogP contribution < -0.4 is 5.73 Å². The summed E-state index contributed by atoms with van der Waals surface area (Å²) in [4.78, 5) is 9.51. The zero-order valence-electron chi connectivity index (χ0n) is 17.5. The van der Waals surface area contributed by atoms with E-state index in [1.54, 1.807) is 16.7 Å². The van der Waals surface area contributed by atoms with Gasteiger partial charge in [-0.15, -0.1) is 0 Å². The maximum absolute atomic E-state index is 13.6. The van der Waals surface area contributed by atoms with Crippen LogP contribution in [-0.4, -0.2) is 23.0 Å². The van der Waals surface area contributed by atoms with Gasteiger partial charge in [0.05, 0.1) is 15.9 Å². The number of halogens is 1. The second kappa shape index (κ2) is 8.22. The fourth-order valence-corrected chi connectivity index (χ4v) is 6.13. The topological polar surface area (TPSA) is 90.9 Å². The number of aryl methyl sites for hydroxylation is 1. The minimum absolute atomic E-state index is 0.00866. The number of hydrogen-bond acceptors (Lipinski definition) is 5. The van der Waals surface area contributed by atoms with E-state index in [1.807, 2.05) is 24.3 Å². The molecule has 0 atom stereocenters. The number of para-hydroxylation sites is 2. The first kappa shape index (κ1) is 21.0. The number of sulfone groups is 1. The molecule has 2 aromatic carbocycles. The summed E-state index contributed by atoms with van der Waals surface area (Å²) < 4.78 is 29.1. The van der Waals surface area contributed by atoms with Crippen molar-refractivity contribution in [2.45, 2.75) is 48.4 Å². The van der Waals surface area contributed by atoms with Gasteiger partial charge in [0.2, 0.25) is 9.84 Å². The summed E-state index contributed by atoms with van der Waals surface area (Å²) in [5.74, 6) is 0.159. The van der Waals surface area contributed by atoms with E-state index >= 15 is 0 Å². The first-order chi connectivity index (χ1) is 15.4. The highest BCUT2D eigenvalue weighted by Crippen LogP contribution is 2.36. The van der Waals surface area contributed by atoms with Crippen LogP contribution in [0.5, 0.6) is 0 Å². The van der Waals surface area contributed by atoms with E-state index < -0.39 is 9.84 Å². The summed E-state index contributed by atoms with van der Waals surface area (Å²) in [6, 6.07) is 13.6. The predicted octanol–water partition coefficient (Wildman–Crippen LogP) is 5.54. The van der Waals surface area contributed by atoms with E-state index in [0.717, 1.165) is 19.3 Å². The molecular formula is C24H23ClN4O2S. The van der Waals surface area contributed by atoms with Crippen LogP contribution in [0.4, 0.5) is 5.82 Å². The number of anilines is 1. The Morgan fingerprint density at radius 3 is 2.53 bits per heavy atom. The summed E-state index contributed by atoms with van der Waals surface area (Å²) in [6.45, 7) is 0.548. The molecule has 0 bridgehead atoms. The van der Waals surface area contributed by atoms with Crippen molar-refractivity contribution in [3.8, 4) is 0 Å². The average molecular weight is 467 g/mol. The quantitative estimate of drug-likeness (QED) is 0.390. The van der Waals surface area contributed by atoms with Crippen LogP contribution >= 0.6 is 11.6 Å². The van der Waals surface area contributed by atoms with Crippen molar-refractivity contribution in [2.75, 3.05) is 5.73 Å². The maximum Gasteiger partial charge on any atom is 0.212 e. The van der Waals surface area contributed by atoms with Crippen LogP contribution in [0.3, 0.4) is 0 Å². The predicted molar refractivity (Wildman–Crippen MR) is 128 cm³/mol. The first-order valence-electron chi connectivity index (χ1n) is 10.7. The van der Waals surface area contributed by atoms with E-state index in [2.05, 4.69) is 11.1 Å². The minimum Gasteiger partial charge on any atom is -0.384 e. The molecule has 1 aliphatic rings. The van der Waals surface area contributed by atoms with Gasteiger partial charge in [-0.05, 0) is 62.4 Å². The molecule has 5 rings (SSSR count). The second-order valence-corrected chi connectivity index (χ2v) is 10.4. The van der Waals surface area contributed by atoms with E-state index in [9.17, 15) is 8.42 Å². The van der Waals surface area contributed by atoms with Gasteiger partial charge < -0.3 is 10.3 Å². The second-order valence-electron chi connectivity index (χ2n) is 8.07. The fourth-order valence-electron chi connectivity index (χ4n) is 4.32. The Morgan fingerprint density at radius 1 is 1.03 bits per heavy atom. The van der Waals surface area contributed by atoms with Crippen LogP contribution in [-0.2, 0) is 16.4 Å². The van der Waals surface area contributed by atoms with Gasteiger partial charge in [0.25, 0.3) is 0 Å². The van der Waals surface area contributed by atoms with Crippen molar-refractivity contribution in [1.82, 2.24) is 14.5 Å². The van der Waals surface area contributed by atoms with Crippen molar-refractivity contribution in [1.29, 1.82) is 0 Å². The summed E-state index contributed by atoms with van der Waals surface area (Å²) >= 11 is 6.08. The smallest absolute Gasteiger partial charge is 0.212 e. The fraction of sp³-hybridized carbons (Fsp3) is 0.250. The SMILES string of the molecule is Nc1c(S(=O)(=O)c2cccc(Cl)c2)c2nc3ccccc3nc2n1CCC1=CCCCC1. The molecule has 0 radical (unpaired) electrons. The number of hydrogen-bond donors (Lipinski definition) is 1. The minimum atomic E-state index is -3.96. The molecule has 32 heavy (non-hydrogen) atoms. The van der Waals surface area contributed by atoms with Crippen LogP contribution in [0.25, 0.3) is 22.2 Å². The molecule has 8 heteroatoms. The van der Waals surface area contributed by atoms with Gasteiger partial charge in [0.1, 0.15) is 16.2 Å². The van der Waals surface area contributed by atoms with Gasteiger partial charge in [0, 0.05) is 11.6 Å². The molecule has 0 unspecified atom stereocenters. The van der Waals surface area contributed by atoms with Gasteiger partial charge in [-0.25, -0.2) is 18.4 Å². The third-order valence-electron chi connectivity index (χ3n) is 5.96. The molecule has 164 valence electrons. The lowest BCUT2D eigenvalue weighted by molar-refractivity contribution is 0.596. The Labute approximate surface area is 191 Å². The summed E-state index contributed by atoms with van der Waals surface area (Å²) in [6.07, 6.45) is 7.66. The molecule has 2 N–H and O–H groups in total. The summed E-state index contributed by atoms with van der Waals surface area (Å²) in [7, 11) is -3.96. The van der Waals surface area contributed by atoms with Gasteiger partial charge in [-0.3, -0.25) is 0 Å². The van der Waals surface area contributed by atoms with Gasteiger partial charge in [-0.1, -0.05) is 41.4 Å².